The lowest BCUT2D eigenvalue weighted by Crippen LogP contribution is -2.61. The first-order chi connectivity index (χ1) is 16.5. The van der Waals surface area contributed by atoms with E-state index in [2.05, 4.69) is 35.0 Å². The molecule has 34 heavy (non-hydrogen) atoms. The van der Waals surface area contributed by atoms with Gasteiger partial charge in [-0.3, -0.25) is 4.90 Å². The van der Waals surface area contributed by atoms with E-state index in [9.17, 15) is 4.79 Å². The zero-order valence-corrected chi connectivity index (χ0v) is 21.3. The van der Waals surface area contributed by atoms with Crippen LogP contribution in [0, 0.1) is 17.8 Å². The van der Waals surface area contributed by atoms with Crippen LogP contribution < -0.4 is 14.8 Å². The van der Waals surface area contributed by atoms with Crippen molar-refractivity contribution >= 4 is 6.03 Å². The highest BCUT2D eigenvalue weighted by atomic mass is 16.5. The topological polar surface area (TPSA) is 54.0 Å². The molecular formula is C28H41N3O3. The molecule has 0 spiro atoms. The molecule has 1 aromatic carbocycles. The van der Waals surface area contributed by atoms with Crippen molar-refractivity contribution in [3.8, 4) is 11.5 Å². The smallest absolute Gasteiger partial charge is 0.318 e. The van der Waals surface area contributed by atoms with Crippen molar-refractivity contribution in [1.82, 2.24) is 15.1 Å². The molecule has 6 nitrogen and oxygen atoms in total. The number of nitrogens with zero attached hydrogens (tertiary/aromatic N) is 2. The molecule has 186 valence electrons. The van der Waals surface area contributed by atoms with Crippen molar-refractivity contribution in [1.29, 1.82) is 0 Å². The van der Waals surface area contributed by atoms with Crippen LogP contribution in [0.2, 0.25) is 0 Å². The van der Waals surface area contributed by atoms with Crippen LogP contribution in [0.1, 0.15) is 64.0 Å². The van der Waals surface area contributed by atoms with E-state index >= 15 is 0 Å². The summed E-state index contributed by atoms with van der Waals surface area (Å²) in [5.41, 5.74) is 2.58. The van der Waals surface area contributed by atoms with Gasteiger partial charge in [0.05, 0.1) is 26.3 Å². The Hall–Kier alpha value is -2.21. The second-order valence-electron chi connectivity index (χ2n) is 11.0. The Bertz CT molecular complexity index is 929. The predicted octanol–water partition coefficient (Wildman–Crippen LogP) is 5.01. The van der Waals surface area contributed by atoms with Gasteiger partial charge in [0, 0.05) is 19.1 Å². The van der Waals surface area contributed by atoms with Gasteiger partial charge in [0.1, 0.15) is 0 Å². The molecule has 1 N–H and O–H groups in total. The Kier molecular flexibility index (Phi) is 6.79. The van der Waals surface area contributed by atoms with Crippen LogP contribution in [-0.4, -0.2) is 61.8 Å². The Morgan fingerprint density at radius 3 is 2.68 bits per heavy atom. The summed E-state index contributed by atoms with van der Waals surface area (Å²) in [6.07, 6.45) is 10.1. The second-order valence-corrected chi connectivity index (χ2v) is 11.0. The largest absolute Gasteiger partial charge is 0.493 e. The summed E-state index contributed by atoms with van der Waals surface area (Å²) in [6, 6.07) is 6.93. The molecule has 5 unspecified atom stereocenters. The van der Waals surface area contributed by atoms with E-state index in [1.807, 2.05) is 18.2 Å². The standard InChI is InChI=1S/C28H41N3O3/c1-18(2)26(19-10-11-24(33-3)25(16-19)34-4)29-28(32)31-13-7-8-20-14-21-15-22(27(20)31)17-30-12-6-5-9-23(21)30/h10-11,14,16,18,21-23,26-27H,5-9,12-13,15,17H2,1-4H3,(H,29,32). The molecule has 0 aromatic heterocycles. The third-order valence-corrected chi connectivity index (χ3v) is 8.63. The van der Waals surface area contributed by atoms with Gasteiger partial charge < -0.3 is 19.7 Å². The van der Waals surface area contributed by atoms with Crippen LogP contribution in [0.5, 0.6) is 11.5 Å². The number of benzene rings is 1. The average molecular weight is 468 g/mol. The van der Waals surface area contributed by atoms with Gasteiger partial charge in [0.15, 0.2) is 11.5 Å². The van der Waals surface area contributed by atoms with E-state index in [1.165, 1.54) is 37.8 Å². The molecule has 3 heterocycles. The molecule has 1 aromatic rings. The summed E-state index contributed by atoms with van der Waals surface area (Å²) in [7, 11) is 3.30. The van der Waals surface area contributed by atoms with Crippen LogP contribution in [0.25, 0.3) is 0 Å². The maximum absolute atomic E-state index is 13.8. The fraction of sp³-hybridized carbons (Fsp3) is 0.679. The molecule has 3 aliphatic heterocycles. The molecule has 2 amide bonds. The highest BCUT2D eigenvalue weighted by Gasteiger charge is 2.47. The predicted molar refractivity (Wildman–Crippen MR) is 134 cm³/mol. The molecule has 4 aliphatic rings. The molecule has 2 bridgehead atoms. The highest BCUT2D eigenvalue weighted by molar-refractivity contribution is 5.76. The second kappa shape index (κ2) is 9.80. The highest BCUT2D eigenvalue weighted by Crippen LogP contribution is 2.45. The van der Waals surface area contributed by atoms with Crippen molar-refractivity contribution in [2.45, 2.75) is 70.5 Å². The van der Waals surface area contributed by atoms with Crippen LogP contribution in [0.15, 0.2) is 29.8 Å². The van der Waals surface area contributed by atoms with Gasteiger partial charge in [0.25, 0.3) is 0 Å². The minimum atomic E-state index is -0.0872. The Labute approximate surface area is 204 Å². The Morgan fingerprint density at radius 2 is 1.91 bits per heavy atom. The molecule has 6 heteroatoms. The van der Waals surface area contributed by atoms with Crippen molar-refractivity contribution in [3.63, 3.8) is 0 Å². The van der Waals surface area contributed by atoms with E-state index < -0.39 is 0 Å². The molecule has 0 saturated carbocycles. The summed E-state index contributed by atoms with van der Waals surface area (Å²) in [4.78, 5) is 18.7. The normalized spacial score (nSPS) is 29.6. The third-order valence-electron chi connectivity index (χ3n) is 8.63. The summed E-state index contributed by atoms with van der Waals surface area (Å²) in [6.45, 7) is 7.54. The van der Waals surface area contributed by atoms with Crippen molar-refractivity contribution in [2.24, 2.45) is 17.8 Å². The monoisotopic (exact) mass is 467 g/mol. The minimum Gasteiger partial charge on any atom is -0.493 e. The lowest BCUT2D eigenvalue weighted by atomic mass is 9.68. The maximum Gasteiger partial charge on any atom is 0.318 e. The number of amides is 2. The maximum atomic E-state index is 13.8. The van der Waals surface area contributed by atoms with E-state index in [-0.39, 0.29) is 24.0 Å². The van der Waals surface area contributed by atoms with E-state index in [1.54, 1.807) is 14.2 Å². The first-order valence-electron chi connectivity index (χ1n) is 13.2. The summed E-state index contributed by atoms with van der Waals surface area (Å²) in [5.74, 6) is 2.89. The van der Waals surface area contributed by atoms with E-state index in [0.717, 1.165) is 37.5 Å². The van der Waals surface area contributed by atoms with Crippen LogP contribution >= 0.6 is 0 Å². The van der Waals surface area contributed by atoms with Gasteiger partial charge in [-0.2, -0.15) is 0 Å². The van der Waals surface area contributed by atoms with Crippen LogP contribution in [-0.2, 0) is 0 Å². The summed E-state index contributed by atoms with van der Waals surface area (Å²) >= 11 is 0. The first-order valence-corrected chi connectivity index (χ1v) is 13.2. The number of likely N-dealkylation sites (tertiary alicyclic amines) is 1. The van der Waals surface area contributed by atoms with Gasteiger partial charge >= 0.3 is 6.03 Å². The van der Waals surface area contributed by atoms with Crippen LogP contribution in [0.4, 0.5) is 4.79 Å². The van der Waals surface area contributed by atoms with Gasteiger partial charge in [-0.05, 0) is 74.1 Å². The molecule has 5 atom stereocenters. The number of carbonyl (C=O) groups is 1. The van der Waals surface area contributed by atoms with E-state index in [0.29, 0.717) is 23.3 Å². The molecule has 3 saturated heterocycles. The number of rotatable bonds is 5. The number of methoxy groups -OCH3 is 2. The fourth-order valence-electron chi connectivity index (χ4n) is 7.10. The van der Waals surface area contributed by atoms with Gasteiger partial charge in [-0.1, -0.05) is 38.0 Å². The number of carbonyl (C=O) groups excluding carboxylic acids is 1. The van der Waals surface area contributed by atoms with Gasteiger partial charge in [0.2, 0.25) is 0 Å². The summed E-state index contributed by atoms with van der Waals surface area (Å²) in [5, 5.41) is 3.40. The lowest BCUT2D eigenvalue weighted by molar-refractivity contribution is 0.00753. The van der Waals surface area contributed by atoms with Crippen molar-refractivity contribution < 1.29 is 14.3 Å². The molecule has 0 radical (unpaired) electrons. The zero-order valence-electron chi connectivity index (χ0n) is 21.3. The zero-order chi connectivity index (χ0) is 23.8. The first kappa shape index (κ1) is 23.5. The van der Waals surface area contributed by atoms with E-state index in [4.69, 9.17) is 9.47 Å². The van der Waals surface area contributed by atoms with Crippen molar-refractivity contribution in [3.05, 3.63) is 35.4 Å². The number of ether oxygens (including phenoxy) is 2. The Balaban J connectivity index is 1.37. The van der Waals surface area contributed by atoms with Crippen LogP contribution in [0.3, 0.4) is 0 Å². The molecule has 5 rings (SSSR count). The molecule has 1 aliphatic carbocycles. The lowest BCUT2D eigenvalue weighted by Gasteiger charge is -2.54. The number of nitrogens with one attached hydrogen (secondary N) is 1. The SMILES string of the molecule is COc1ccc(C(NC(=O)N2CCCC3=CC4CC(CN5CCCCC45)C32)C(C)C)cc1OC. The number of urea groups is 1. The Morgan fingerprint density at radius 1 is 1.09 bits per heavy atom. The fourth-order valence-corrected chi connectivity index (χ4v) is 7.10. The summed E-state index contributed by atoms with van der Waals surface area (Å²) < 4.78 is 10.9. The quantitative estimate of drug-likeness (QED) is 0.619. The van der Waals surface area contributed by atoms with Crippen molar-refractivity contribution in [2.75, 3.05) is 33.9 Å². The van der Waals surface area contributed by atoms with Gasteiger partial charge in [-0.25, -0.2) is 4.79 Å². The third kappa shape index (κ3) is 4.30. The average Bonchev–Trinajstić information content (AvgIpc) is 2.86. The number of hydrogen-bond donors (Lipinski definition) is 1. The van der Waals surface area contributed by atoms with Gasteiger partial charge in [-0.15, -0.1) is 0 Å². The molecular weight excluding hydrogens is 426 g/mol. The minimum absolute atomic E-state index is 0.0725. The number of hydrogen-bond acceptors (Lipinski definition) is 4. The number of piperidine rings is 3. The molecule has 3 fully saturated rings. The number of fused-ring (bicyclic) bond motifs is 6.